The van der Waals surface area contributed by atoms with Gasteiger partial charge in [-0.15, -0.1) is 0 Å². The molecule has 0 saturated heterocycles. The highest BCUT2D eigenvalue weighted by Gasteiger charge is 2.23. The summed E-state index contributed by atoms with van der Waals surface area (Å²) >= 11 is 0. The average molecular weight is 471 g/mol. The number of carbonyl (C=O) groups excluding carboxylic acids is 3. The van der Waals surface area contributed by atoms with Gasteiger partial charge in [-0.3, -0.25) is 19.6 Å². The van der Waals surface area contributed by atoms with Crippen LogP contribution in [-0.4, -0.2) is 38.9 Å². The van der Waals surface area contributed by atoms with Gasteiger partial charge in [-0.25, -0.2) is 5.48 Å². The van der Waals surface area contributed by atoms with Crippen molar-refractivity contribution >= 4 is 28.6 Å². The van der Waals surface area contributed by atoms with Crippen LogP contribution >= 0.6 is 0 Å². The first-order valence-corrected chi connectivity index (χ1v) is 11.1. The quantitative estimate of drug-likeness (QED) is 0.272. The first-order chi connectivity index (χ1) is 17.0. The molecule has 3 N–H and O–H groups in total. The average Bonchev–Trinajstić information content (AvgIpc) is 3.23. The van der Waals surface area contributed by atoms with Crippen molar-refractivity contribution in [3.8, 4) is 0 Å². The van der Waals surface area contributed by atoms with E-state index in [9.17, 15) is 14.4 Å². The van der Waals surface area contributed by atoms with Crippen LogP contribution in [0.15, 0.2) is 85.1 Å². The number of amides is 3. The van der Waals surface area contributed by atoms with Gasteiger partial charge in [0.2, 0.25) is 5.91 Å². The molecule has 1 aromatic heterocycles. The molecule has 35 heavy (non-hydrogen) atoms. The molecule has 0 aliphatic carbocycles. The molecule has 8 nitrogen and oxygen atoms in total. The topological polar surface area (TPSA) is 104 Å². The van der Waals surface area contributed by atoms with E-state index in [2.05, 4.69) is 5.32 Å². The van der Waals surface area contributed by atoms with Gasteiger partial charge in [-0.05, 0) is 29.3 Å². The van der Waals surface area contributed by atoms with E-state index in [4.69, 9.17) is 5.21 Å². The fourth-order valence-corrected chi connectivity index (χ4v) is 3.95. The van der Waals surface area contributed by atoms with Crippen molar-refractivity contribution in [3.05, 3.63) is 107 Å². The second kappa shape index (κ2) is 10.7. The minimum Gasteiger partial charge on any atom is -0.350 e. The number of nitrogens with zero attached hydrogens (tertiary/aromatic N) is 2. The molecule has 1 heterocycles. The summed E-state index contributed by atoms with van der Waals surface area (Å²) in [5.41, 5.74) is 5.01. The maximum atomic E-state index is 13.6. The van der Waals surface area contributed by atoms with Crippen LogP contribution in [0.1, 0.15) is 31.8 Å². The molecule has 0 atom stereocenters. The number of para-hydroxylation sites is 1. The monoisotopic (exact) mass is 470 g/mol. The van der Waals surface area contributed by atoms with Gasteiger partial charge >= 0.3 is 0 Å². The van der Waals surface area contributed by atoms with E-state index < -0.39 is 5.91 Å². The second-order valence-corrected chi connectivity index (χ2v) is 8.23. The molecule has 8 heteroatoms. The van der Waals surface area contributed by atoms with Gasteiger partial charge in [0.25, 0.3) is 11.8 Å². The lowest BCUT2D eigenvalue weighted by molar-refractivity contribution is -0.122. The maximum Gasteiger partial charge on any atom is 0.274 e. The van der Waals surface area contributed by atoms with Gasteiger partial charge in [0.1, 0.15) is 6.54 Å². The number of fused-ring (bicyclic) bond motifs is 1. The molecule has 0 saturated carbocycles. The highest BCUT2D eigenvalue weighted by atomic mass is 16.5. The molecular weight excluding hydrogens is 444 g/mol. The number of carbonyl (C=O) groups is 3. The van der Waals surface area contributed by atoms with Gasteiger partial charge in [0.15, 0.2) is 0 Å². The summed E-state index contributed by atoms with van der Waals surface area (Å²) < 4.78 is 1.89. The van der Waals surface area contributed by atoms with E-state index in [0.717, 1.165) is 22.0 Å². The zero-order valence-electron chi connectivity index (χ0n) is 19.3. The lowest BCUT2D eigenvalue weighted by Gasteiger charge is -2.22. The van der Waals surface area contributed by atoms with Crippen molar-refractivity contribution in [2.24, 2.45) is 7.05 Å². The van der Waals surface area contributed by atoms with Crippen LogP contribution in [0.2, 0.25) is 0 Å². The maximum absolute atomic E-state index is 13.6. The summed E-state index contributed by atoms with van der Waals surface area (Å²) in [6.07, 6.45) is 1.77. The molecule has 178 valence electrons. The third-order valence-electron chi connectivity index (χ3n) is 5.77. The summed E-state index contributed by atoms with van der Waals surface area (Å²) in [5.74, 6) is -1.17. The standard InChI is InChI=1S/C27H26N4O4/c1-30-17-23(22-9-5-6-10-24(22)30)27(34)31(16-20-11-13-21(14-12-20)26(33)29-35)18-25(32)28-15-19-7-3-2-4-8-19/h2-14,17,35H,15-16,18H2,1H3,(H,28,32)(H,29,33). The number of hydroxylamine groups is 1. The minimum atomic E-state index is -0.625. The largest absolute Gasteiger partial charge is 0.350 e. The number of hydrogen-bond acceptors (Lipinski definition) is 4. The Kier molecular flexibility index (Phi) is 7.23. The molecule has 0 fully saturated rings. The molecule has 4 rings (SSSR count). The van der Waals surface area contributed by atoms with Crippen LogP contribution in [0.3, 0.4) is 0 Å². The predicted octanol–water partition coefficient (Wildman–Crippen LogP) is 3.26. The van der Waals surface area contributed by atoms with Crippen LogP contribution < -0.4 is 10.8 Å². The van der Waals surface area contributed by atoms with Crippen LogP contribution in [0.25, 0.3) is 10.9 Å². The summed E-state index contributed by atoms with van der Waals surface area (Å²) in [7, 11) is 1.88. The Bertz CT molecular complexity index is 1350. The third-order valence-corrected chi connectivity index (χ3v) is 5.77. The van der Waals surface area contributed by atoms with E-state index in [0.29, 0.717) is 12.1 Å². The Morgan fingerprint density at radius 1 is 0.886 bits per heavy atom. The lowest BCUT2D eigenvalue weighted by atomic mass is 10.1. The minimum absolute atomic E-state index is 0.131. The Hall–Kier alpha value is -4.43. The zero-order chi connectivity index (χ0) is 24.8. The Balaban J connectivity index is 1.57. The van der Waals surface area contributed by atoms with Gasteiger partial charge < -0.3 is 14.8 Å². The van der Waals surface area contributed by atoms with Crippen LogP contribution in [-0.2, 0) is 24.9 Å². The Morgan fingerprint density at radius 3 is 2.29 bits per heavy atom. The predicted molar refractivity (Wildman–Crippen MR) is 132 cm³/mol. The van der Waals surface area contributed by atoms with Crippen molar-refractivity contribution < 1.29 is 19.6 Å². The van der Waals surface area contributed by atoms with Gasteiger partial charge in [-0.2, -0.15) is 0 Å². The first kappa shape index (κ1) is 23.7. The molecule has 0 bridgehead atoms. The van der Waals surface area contributed by atoms with Crippen molar-refractivity contribution in [3.63, 3.8) is 0 Å². The van der Waals surface area contributed by atoms with Crippen LogP contribution in [0.5, 0.6) is 0 Å². The van der Waals surface area contributed by atoms with Gasteiger partial charge in [0, 0.05) is 42.8 Å². The third kappa shape index (κ3) is 5.56. The van der Waals surface area contributed by atoms with Crippen LogP contribution in [0.4, 0.5) is 0 Å². The second-order valence-electron chi connectivity index (χ2n) is 8.23. The van der Waals surface area contributed by atoms with Crippen molar-refractivity contribution in [1.29, 1.82) is 0 Å². The Morgan fingerprint density at radius 2 is 1.57 bits per heavy atom. The number of aromatic nitrogens is 1. The van der Waals surface area contributed by atoms with Crippen molar-refractivity contribution in [2.45, 2.75) is 13.1 Å². The summed E-state index contributed by atoms with van der Waals surface area (Å²) in [4.78, 5) is 39.6. The molecule has 0 unspecified atom stereocenters. The number of benzene rings is 3. The van der Waals surface area contributed by atoms with E-state index in [1.165, 1.54) is 4.90 Å². The first-order valence-electron chi connectivity index (χ1n) is 11.1. The molecule has 0 radical (unpaired) electrons. The lowest BCUT2D eigenvalue weighted by Crippen LogP contribution is -2.40. The highest BCUT2D eigenvalue weighted by molar-refractivity contribution is 6.07. The summed E-state index contributed by atoms with van der Waals surface area (Å²) in [6.45, 7) is 0.399. The smallest absolute Gasteiger partial charge is 0.274 e. The zero-order valence-corrected chi connectivity index (χ0v) is 19.3. The fourth-order valence-electron chi connectivity index (χ4n) is 3.95. The number of rotatable bonds is 8. The molecular formula is C27H26N4O4. The van der Waals surface area contributed by atoms with E-state index in [1.807, 2.05) is 66.2 Å². The van der Waals surface area contributed by atoms with Crippen molar-refractivity contribution in [1.82, 2.24) is 20.3 Å². The fraction of sp³-hybridized carbons (Fsp3) is 0.148. The molecule has 0 spiro atoms. The molecule has 0 aliphatic heterocycles. The number of hydrogen-bond donors (Lipinski definition) is 3. The normalized spacial score (nSPS) is 10.7. The van der Waals surface area contributed by atoms with Gasteiger partial charge in [0.05, 0.1) is 5.56 Å². The summed E-state index contributed by atoms with van der Waals surface area (Å²) in [6, 6.07) is 23.7. The SMILES string of the molecule is Cn1cc(C(=O)N(CC(=O)NCc2ccccc2)Cc2ccc(C(=O)NO)cc2)c2ccccc21. The number of nitrogens with one attached hydrogen (secondary N) is 2. The number of aryl methyl sites for hydroxylation is 1. The van der Waals surface area contributed by atoms with Gasteiger partial charge in [-0.1, -0.05) is 60.7 Å². The molecule has 4 aromatic rings. The van der Waals surface area contributed by atoms with Crippen LogP contribution in [0, 0.1) is 0 Å². The molecule has 0 aliphatic rings. The van der Waals surface area contributed by atoms with E-state index in [1.54, 1.807) is 35.9 Å². The molecule has 3 amide bonds. The van der Waals surface area contributed by atoms with Crippen molar-refractivity contribution in [2.75, 3.05) is 6.54 Å². The molecule has 3 aromatic carbocycles. The highest BCUT2D eigenvalue weighted by Crippen LogP contribution is 2.22. The van der Waals surface area contributed by atoms with E-state index >= 15 is 0 Å². The Labute approximate surface area is 202 Å². The summed E-state index contributed by atoms with van der Waals surface area (Å²) in [5, 5.41) is 12.5. The van der Waals surface area contributed by atoms with E-state index in [-0.39, 0.29) is 30.5 Å².